The zero-order valence-electron chi connectivity index (χ0n) is 12.8. The van der Waals surface area contributed by atoms with Gasteiger partial charge in [-0.1, -0.05) is 27.7 Å². The smallest absolute Gasteiger partial charge is 0.0109 e. The summed E-state index contributed by atoms with van der Waals surface area (Å²) in [5.74, 6) is 0.759. The molecule has 0 aliphatic heterocycles. The summed E-state index contributed by atoms with van der Waals surface area (Å²) in [6.45, 7) is 14.9. The minimum atomic E-state index is 0.607. The van der Waals surface area contributed by atoms with Crippen LogP contribution in [0.15, 0.2) is 0 Å². The first-order valence-electron chi connectivity index (χ1n) is 7.02. The van der Waals surface area contributed by atoms with Gasteiger partial charge in [0.15, 0.2) is 0 Å². The van der Waals surface area contributed by atoms with E-state index in [4.69, 9.17) is 0 Å². The Morgan fingerprint density at radius 1 is 0.941 bits per heavy atom. The van der Waals surface area contributed by atoms with Gasteiger partial charge >= 0.3 is 0 Å². The number of likely N-dealkylation sites (N-methyl/N-ethyl adjacent to an activating group) is 1. The molecule has 3 nitrogen and oxygen atoms in total. The van der Waals surface area contributed by atoms with Crippen LogP contribution < -0.4 is 5.32 Å². The Labute approximate surface area is 109 Å². The molecule has 0 fully saturated rings. The van der Waals surface area contributed by atoms with Crippen LogP contribution in [0.2, 0.25) is 0 Å². The molecule has 0 aliphatic carbocycles. The van der Waals surface area contributed by atoms with Crippen molar-refractivity contribution in [3.05, 3.63) is 0 Å². The van der Waals surface area contributed by atoms with Crippen LogP contribution in [0.5, 0.6) is 0 Å². The van der Waals surface area contributed by atoms with E-state index in [-0.39, 0.29) is 0 Å². The zero-order valence-corrected chi connectivity index (χ0v) is 12.8. The summed E-state index contributed by atoms with van der Waals surface area (Å²) in [6.07, 6.45) is 1.25. The van der Waals surface area contributed by atoms with Gasteiger partial charge < -0.3 is 15.1 Å². The predicted octanol–water partition coefficient (Wildman–Crippen LogP) is 1.89. The molecule has 104 valence electrons. The molecule has 0 aromatic carbocycles. The zero-order chi connectivity index (χ0) is 13.3. The highest BCUT2D eigenvalue weighted by Gasteiger charge is 2.07. The van der Waals surface area contributed by atoms with Crippen LogP contribution >= 0.6 is 0 Å². The summed E-state index contributed by atoms with van der Waals surface area (Å²) >= 11 is 0. The Bertz CT molecular complexity index is 167. The number of nitrogens with zero attached hydrogens (tertiary/aromatic N) is 2. The molecule has 0 atom stereocenters. The molecule has 0 rings (SSSR count). The Balaban J connectivity index is 3.76. The third-order valence-electron chi connectivity index (χ3n) is 2.69. The molecule has 0 unspecified atom stereocenters. The summed E-state index contributed by atoms with van der Waals surface area (Å²) in [7, 11) is 4.29. The quantitative estimate of drug-likeness (QED) is 0.591. The topological polar surface area (TPSA) is 18.5 Å². The lowest BCUT2D eigenvalue weighted by Crippen LogP contribution is -2.36. The highest BCUT2D eigenvalue weighted by molar-refractivity contribution is 4.63. The van der Waals surface area contributed by atoms with Gasteiger partial charge in [0.2, 0.25) is 0 Å². The number of rotatable bonds is 10. The minimum absolute atomic E-state index is 0.607. The molecule has 0 amide bonds. The maximum Gasteiger partial charge on any atom is 0.0109 e. The first kappa shape index (κ1) is 16.9. The van der Waals surface area contributed by atoms with E-state index in [1.165, 1.54) is 26.1 Å². The molecule has 0 aliphatic rings. The lowest BCUT2D eigenvalue weighted by Gasteiger charge is -2.26. The maximum absolute atomic E-state index is 3.48. The van der Waals surface area contributed by atoms with Gasteiger partial charge in [-0.25, -0.2) is 0 Å². The van der Waals surface area contributed by atoms with Crippen molar-refractivity contribution < 1.29 is 0 Å². The van der Waals surface area contributed by atoms with Crippen molar-refractivity contribution in [3.63, 3.8) is 0 Å². The largest absolute Gasteiger partial charge is 0.314 e. The molecule has 0 saturated carbocycles. The van der Waals surface area contributed by atoms with E-state index in [1.807, 2.05) is 0 Å². The molecule has 0 aromatic heterocycles. The molecule has 0 spiro atoms. The molecule has 0 aromatic rings. The Hall–Kier alpha value is -0.120. The van der Waals surface area contributed by atoms with Crippen molar-refractivity contribution in [2.45, 2.75) is 40.2 Å². The summed E-state index contributed by atoms with van der Waals surface area (Å²) < 4.78 is 0. The van der Waals surface area contributed by atoms with Crippen LogP contribution in [0.25, 0.3) is 0 Å². The van der Waals surface area contributed by atoms with Gasteiger partial charge in [0.1, 0.15) is 0 Å². The van der Waals surface area contributed by atoms with Gasteiger partial charge in [-0.05, 0) is 39.5 Å². The SMILES string of the molecule is CC(C)CN(CCCNC(C)C)CCN(C)C. The van der Waals surface area contributed by atoms with Crippen molar-refractivity contribution >= 4 is 0 Å². The lowest BCUT2D eigenvalue weighted by atomic mass is 10.2. The molecule has 17 heavy (non-hydrogen) atoms. The van der Waals surface area contributed by atoms with Crippen LogP contribution in [0.4, 0.5) is 0 Å². The molecule has 0 heterocycles. The van der Waals surface area contributed by atoms with E-state index in [2.05, 4.69) is 56.9 Å². The van der Waals surface area contributed by atoms with Crippen molar-refractivity contribution in [2.75, 3.05) is 46.8 Å². The van der Waals surface area contributed by atoms with E-state index in [9.17, 15) is 0 Å². The van der Waals surface area contributed by atoms with Crippen molar-refractivity contribution in [2.24, 2.45) is 5.92 Å². The Morgan fingerprint density at radius 3 is 2.06 bits per heavy atom. The van der Waals surface area contributed by atoms with E-state index in [1.54, 1.807) is 0 Å². The summed E-state index contributed by atoms with van der Waals surface area (Å²) in [5, 5.41) is 3.48. The van der Waals surface area contributed by atoms with Crippen molar-refractivity contribution in [1.82, 2.24) is 15.1 Å². The predicted molar refractivity (Wildman–Crippen MR) is 77.6 cm³/mol. The molecular formula is C14H33N3. The second-order valence-corrected chi connectivity index (χ2v) is 5.96. The molecule has 0 radical (unpaired) electrons. The summed E-state index contributed by atoms with van der Waals surface area (Å²) in [6, 6.07) is 0.607. The van der Waals surface area contributed by atoms with Crippen LogP contribution in [-0.2, 0) is 0 Å². The number of hydrogen-bond acceptors (Lipinski definition) is 3. The molecule has 0 bridgehead atoms. The Morgan fingerprint density at radius 2 is 1.59 bits per heavy atom. The third-order valence-corrected chi connectivity index (χ3v) is 2.69. The normalized spacial score (nSPS) is 12.4. The van der Waals surface area contributed by atoms with E-state index >= 15 is 0 Å². The fourth-order valence-electron chi connectivity index (χ4n) is 1.85. The summed E-state index contributed by atoms with van der Waals surface area (Å²) in [5.41, 5.74) is 0. The van der Waals surface area contributed by atoms with E-state index in [0.717, 1.165) is 19.0 Å². The fourth-order valence-corrected chi connectivity index (χ4v) is 1.85. The highest BCUT2D eigenvalue weighted by Crippen LogP contribution is 2.00. The number of nitrogens with one attached hydrogen (secondary N) is 1. The highest BCUT2D eigenvalue weighted by atomic mass is 15.2. The second kappa shape index (κ2) is 9.86. The fraction of sp³-hybridized carbons (Fsp3) is 1.00. The lowest BCUT2D eigenvalue weighted by molar-refractivity contribution is 0.216. The standard InChI is InChI=1S/C14H33N3/c1-13(2)12-17(11-10-16(5)6)9-7-8-15-14(3)4/h13-15H,7-12H2,1-6H3. The number of hydrogen-bond donors (Lipinski definition) is 1. The van der Waals surface area contributed by atoms with Crippen LogP contribution in [0.1, 0.15) is 34.1 Å². The second-order valence-electron chi connectivity index (χ2n) is 5.96. The van der Waals surface area contributed by atoms with Gasteiger partial charge in [-0.3, -0.25) is 0 Å². The first-order chi connectivity index (χ1) is 7.91. The van der Waals surface area contributed by atoms with Crippen molar-refractivity contribution in [1.29, 1.82) is 0 Å². The molecule has 3 heteroatoms. The third kappa shape index (κ3) is 12.1. The van der Waals surface area contributed by atoms with Crippen LogP contribution in [0.3, 0.4) is 0 Å². The van der Waals surface area contributed by atoms with E-state index in [0.29, 0.717) is 6.04 Å². The molecule has 1 N–H and O–H groups in total. The minimum Gasteiger partial charge on any atom is -0.314 e. The molecular weight excluding hydrogens is 210 g/mol. The maximum atomic E-state index is 3.48. The average molecular weight is 243 g/mol. The van der Waals surface area contributed by atoms with Gasteiger partial charge in [0.25, 0.3) is 0 Å². The van der Waals surface area contributed by atoms with Crippen LogP contribution in [-0.4, -0.2) is 62.7 Å². The van der Waals surface area contributed by atoms with Gasteiger partial charge in [-0.15, -0.1) is 0 Å². The molecule has 0 saturated heterocycles. The average Bonchev–Trinajstić information content (AvgIpc) is 2.19. The Kier molecular flexibility index (Phi) is 9.79. The van der Waals surface area contributed by atoms with E-state index < -0.39 is 0 Å². The monoisotopic (exact) mass is 243 g/mol. The first-order valence-corrected chi connectivity index (χ1v) is 7.02. The summed E-state index contributed by atoms with van der Waals surface area (Å²) in [4.78, 5) is 4.85. The van der Waals surface area contributed by atoms with Crippen molar-refractivity contribution in [3.8, 4) is 0 Å². The van der Waals surface area contributed by atoms with Gasteiger partial charge in [0.05, 0.1) is 0 Å². The van der Waals surface area contributed by atoms with Crippen LogP contribution in [0, 0.1) is 5.92 Å². The van der Waals surface area contributed by atoms with Gasteiger partial charge in [-0.2, -0.15) is 0 Å². The van der Waals surface area contributed by atoms with Gasteiger partial charge in [0, 0.05) is 25.7 Å².